The first-order valence-electron chi connectivity index (χ1n) is 11.4. The number of aryl methyl sites for hydroxylation is 1. The summed E-state index contributed by atoms with van der Waals surface area (Å²) in [6.07, 6.45) is 2.94. The normalized spacial score (nSPS) is 14.6. The van der Waals surface area contributed by atoms with Crippen molar-refractivity contribution < 1.29 is 14.3 Å². The van der Waals surface area contributed by atoms with Crippen molar-refractivity contribution >= 4 is 56.7 Å². The lowest BCUT2D eigenvalue weighted by atomic mass is 10.1. The lowest BCUT2D eigenvalue weighted by Gasteiger charge is -2.22. The zero-order valence-electron chi connectivity index (χ0n) is 20.3. The molecule has 0 aliphatic carbocycles. The largest absolute Gasteiger partial charge is 0.358 e. The summed E-state index contributed by atoms with van der Waals surface area (Å²) in [5.41, 5.74) is 2.07. The van der Waals surface area contributed by atoms with Crippen molar-refractivity contribution in [1.82, 2.24) is 9.97 Å². The van der Waals surface area contributed by atoms with Crippen molar-refractivity contribution in [2.45, 2.75) is 81.8 Å². The van der Waals surface area contributed by atoms with Crippen molar-refractivity contribution in [1.29, 1.82) is 0 Å². The third-order valence-corrected chi connectivity index (χ3v) is 9.32. The van der Waals surface area contributed by atoms with Crippen LogP contribution >= 0.6 is 23.2 Å². The van der Waals surface area contributed by atoms with E-state index in [0.29, 0.717) is 26.1 Å². The maximum Gasteiger partial charge on any atom is 0.157 e. The standard InChI is InChI=1S/C23H38Cl2N2O3Si2/c1-31(2,3)13-11-29-22(24)17-15-19-20(27-21(26-19)9-7-8-10-28)16-18(17)23(25)30-12-14-32(4,5)6/h10,15-16,22-23H,7-9,11-14H2,1-6H3,(H,26,27). The van der Waals surface area contributed by atoms with Crippen LogP contribution in [0.5, 0.6) is 0 Å². The maximum absolute atomic E-state index is 10.6. The molecule has 5 nitrogen and oxygen atoms in total. The number of benzene rings is 1. The number of ether oxygens (including phenoxy) is 2. The first kappa shape index (κ1) is 27.5. The van der Waals surface area contributed by atoms with Crippen molar-refractivity contribution in [2.75, 3.05) is 13.2 Å². The minimum absolute atomic E-state index is 0.525. The quantitative estimate of drug-likeness (QED) is 0.124. The van der Waals surface area contributed by atoms with Crippen LogP contribution in [0.3, 0.4) is 0 Å². The molecule has 0 aliphatic heterocycles. The van der Waals surface area contributed by atoms with Gasteiger partial charge in [-0.05, 0) is 30.6 Å². The molecule has 2 atom stereocenters. The average Bonchev–Trinajstić information content (AvgIpc) is 3.06. The second-order valence-corrected chi connectivity index (χ2v) is 22.8. The van der Waals surface area contributed by atoms with Crippen LogP contribution in [0, 0.1) is 0 Å². The van der Waals surface area contributed by atoms with Gasteiger partial charge in [-0.3, -0.25) is 0 Å². The van der Waals surface area contributed by atoms with Gasteiger partial charge >= 0.3 is 0 Å². The Kier molecular flexibility index (Phi) is 10.4. The van der Waals surface area contributed by atoms with E-state index in [1.807, 2.05) is 12.1 Å². The molecule has 0 bridgehead atoms. The van der Waals surface area contributed by atoms with Gasteiger partial charge in [0, 0.05) is 53.3 Å². The Balaban J connectivity index is 2.27. The number of nitrogens with one attached hydrogen (secondary N) is 1. The Labute approximate surface area is 204 Å². The molecule has 1 heterocycles. The molecule has 0 fully saturated rings. The molecular weight excluding hydrogens is 479 g/mol. The lowest BCUT2D eigenvalue weighted by molar-refractivity contribution is -0.107. The van der Waals surface area contributed by atoms with Gasteiger partial charge in [-0.2, -0.15) is 0 Å². The topological polar surface area (TPSA) is 64.2 Å². The van der Waals surface area contributed by atoms with E-state index in [1.165, 1.54) is 0 Å². The molecule has 0 saturated heterocycles. The minimum Gasteiger partial charge on any atom is -0.358 e. The summed E-state index contributed by atoms with van der Waals surface area (Å²) in [6.45, 7) is 15.1. The third kappa shape index (κ3) is 9.27. The van der Waals surface area contributed by atoms with Gasteiger partial charge in [-0.25, -0.2) is 4.98 Å². The molecule has 0 saturated carbocycles. The van der Waals surface area contributed by atoms with E-state index in [9.17, 15) is 4.79 Å². The number of carbonyl (C=O) groups is 1. The number of hydrogen-bond acceptors (Lipinski definition) is 4. The molecule has 0 spiro atoms. The van der Waals surface area contributed by atoms with Crippen LogP contribution in [0.1, 0.15) is 40.9 Å². The van der Waals surface area contributed by atoms with Crippen molar-refractivity contribution in [3.05, 3.63) is 29.1 Å². The Morgan fingerprint density at radius 1 is 0.969 bits per heavy atom. The summed E-state index contributed by atoms with van der Waals surface area (Å²) in [4.78, 5) is 18.7. The van der Waals surface area contributed by atoms with Crippen LogP contribution in [0.4, 0.5) is 0 Å². The van der Waals surface area contributed by atoms with Gasteiger partial charge in [0.2, 0.25) is 0 Å². The smallest absolute Gasteiger partial charge is 0.157 e. The fourth-order valence-corrected chi connectivity index (χ4v) is 5.14. The molecule has 1 aromatic heterocycles. The van der Waals surface area contributed by atoms with E-state index in [1.54, 1.807) is 0 Å². The highest BCUT2D eigenvalue weighted by molar-refractivity contribution is 6.76. The number of carbonyl (C=O) groups excluding carboxylic acids is 1. The van der Waals surface area contributed by atoms with Crippen LogP contribution in [-0.4, -0.2) is 45.6 Å². The number of aldehydes is 1. The highest BCUT2D eigenvalue weighted by atomic mass is 35.5. The Morgan fingerprint density at radius 2 is 1.50 bits per heavy atom. The molecule has 0 radical (unpaired) electrons. The predicted octanol–water partition coefficient (Wildman–Crippen LogP) is 7.27. The molecule has 180 valence electrons. The van der Waals surface area contributed by atoms with E-state index >= 15 is 0 Å². The van der Waals surface area contributed by atoms with Crippen LogP contribution < -0.4 is 0 Å². The van der Waals surface area contributed by atoms with Crippen LogP contribution in [0.2, 0.25) is 51.4 Å². The number of nitrogens with zero attached hydrogens (tertiary/aromatic N) is 1. The average molecular weight is 518 g/mol. The molecule has 0 amide bonds. The van der Waals surface area contributed by atoms with Crippen molar-refractivity contribution in [3.8, 4) is 0 Å². The fourth-order valence-electron chi connectivity index (χ4n) is 3.12. The van der Waals surface area contributed by atoms with Gasteiger partial charge < -0.3 is 19.3 Å². The summed E-state index contributed by atoms with van der Waals surface area (Å²) in [5, 5.41) is 0. The van der Waals surface area contributed by atoms with Gasteiger partial charge in [0.25, 0.3) is 0 Å². The summed E-state index contributed by atoms with van der Waals surface area (Å²) < 4.78 is 12.0. The number of aromatic nitrogens is 2. The van der Waals surface area contributed by atoms with Gasteiger partial charge in [0.05, 0.1) is 11.0 Å². The van der Waals surface area contributed by atoms with Gasteiger partial charge in [0.1, 0.15) is 12.1 Å². The molecule has 1 aromatic carbocycles. The highest BCUT2D eigenvalue weighted by Gasteiger charge is 2.23. The van der Waals surface area contributed by atoms with Crippen LogP contribution in [0.15, 0.2) is 12.1 Å². The summed E-state index contributed by atoms with van der Waals surface area (Å²) in [5.74, 6) is 0.849. The monoisotopic (exact) mass is 516 g/mol. The number of imidazole rings is 1. The Hall–Kier alpha value is -0.706. The number of hydrogen-bond donors (Lipinski definition) is 1. The predicted molar refractivity (Wildman–Crippen MR) is 140 cm³/mol. The number of unbranched alkanes of at least 4 members (excludes halogenated alkanes) is 1. The SMILES string of the molecule is C[Si](C)(C)CCOC(Cl)c1cc2nc(CCCC=O)[nH]c2cc1C(Cl)OCC[Si](C)(C)C. The molecule has 2 unspecified atom stereocenters. The van der Waals surface area contributed by atoms with Crippen molar-refractivity contribution in [2.24, 2.45) is 0 Å². The van der Waals surface area contributed by atoms with E-state index in [4.69, 9.17) is 32.7 Å². The molecule has 0 aliphatic rings. The summed E-state index contributed by atoms with van der Waals surface area (Å²) in [6, 6.07) is 6.00. The summed E-state index contributed by atoms with van der Waals surface area (Å²) in [7, 11) is -2.45. The molecule has 2 rings (SSSR count). The molecule has 9 heteroatoms. The first-order chi connectivity index (χ1) is 14.9. The number of halogens is 2. The first-order valence-corrected chi connectivity index (χ1v) is 19.7. The second kappa shape index (κ2) is 12.1. The summed E-state index contributed by atoms with van der Waals surface area (Å²) >= 11 is 13.4. The zero-order valence-corrected chi connectivity index (χ0v) is 23.8. The van der Waals surface area contributed by atoms with Gasteiger partial charge in [-0.15, -0.1) is 0 Å². The van der Waals surface area contributed by atoms with Gasteiger partial charge in [-0.1, -0.05) is 62.5 Å². The highest BCUT2D eigenvalue weighted by Crippen LogP contribution is 2.36. The number of aromatic amines is 1. The van der Waals surface area contributed by atoms with Gasteiger partial charge in [0.15, 0.2) is 11.1 Å². The Morgan fingerprint density at radius 3 is 2.00 bits per heavy atom. The Bertz CT molecular complexity index is 815. The van der Waals surface area contributed by atoms with Crippen LogP contribution in [0.25, 0.3) is 11.0 Å². The third-order valence-electron chi connectivity index (χ3n) is 5.19. The van der Waals surface area contributed by atoms with E-state index in [0.717, 1.165) is 52.8 Å². The van der Waals surface area contributed by atoms with E-state index in [-0.39, 0.29) is 0 Å². The molecule has 32 heavy (non-hydrogen) atoms. The number of rotatable bonds is 14. The number of alkyl halides is 2. The zero-order chi connectivity index (χ0) is 23.9. The van der Waals surface area contributed by atoms with E-state index < -0.39 is 27.3 Å². The number of H-pyrrole nitrogens is 1. The minimum atomic E-state index is -1.23. The molecular formula is C23H38Cl2N2O3Si2. The fraction of sp³-hybridized carbons (Fsp3) is 0.652. The maximum atomic E-state index is 10.6. The van der Waals surface area contributed by atoms with E-state index in [2.05, 4.69) is 49.3 Å². The molecule has 1 N–H and O–H groups in total. The number of fused-ring (bicyclic) bond motifs is 1. The second-order valence-electron chi connectivity index (χ2n) is 10.7. The van der Waals surface area contributed by atoms with Crippen LogP contribution in [-0.2, 0) is 20.7 Å². The molecule has 2 aromatic rings. The lowest BCUT2D eigenvalue weighted by Crippen LogP contribution is -2.22. The van der Waals surface area contributed by atoms with Crippen molar-refractivity contribution in [3.63, 3.8) is 0 Å².